The molecule has 5 nitrogen and oxygen atoms in total. The van der Waals surface area contributed by atoms with Crippen LogP contribution in [0.2, 0.25) is 0 Å². The Morgan fingerprint density at radius 1 is 0.857 bits per heavy atom. The van der Waals surface area contributed by atoms with E-state index in [9.17, 15) is 0 Å². The molecule has 0 atom stereocenters. The van der Waals surface area contributed by atoms with Crippen LogP contribution in [-0.4, -0.2) is 16.2 Å². The van der Waals surface area contributed by atoms with E-state index in [1.165, 1.54) is 11.3 Å². The highest BCUT2D eigenvalue weighted by Crippen LogP contribution is 2.35. The van der Waals surface area contributed by atoms with Crippen molar-refractivity contribution in [2.75, 3.05) is 0 Å². The van der Waals surface area contributed by atoms with Crippen molar-refractivity contribution in [1.29, 1.82) is 0 Å². The highest BCUT2D eigenvalue weighted by atomic mass is 32.1. The molecule has 0 unspecified atom stereocenters. The van der Waals surface area contributed by atoms with Gasteiger partial charge < -0.3 is 11.5 Å². The molecule has 0 aliphatic rings. The summed E-state index contributed by atoms with van der Waals surface area (Å²) >= 11 is 1.35. The summed E-state index contributed by atoms with van der Waals surface area (Å²) in [7, 11) is 0. The average Bonchev–Trinajstić information content (AvgIpc) is 2.96. The van der Waals surface area contributed by atoms with Crippen LogP contribution in [0.5, 0.6) is 0 Å². The Balaban J connectivity index is 2.07. The molecule has 1 heterocycles. The fourth-order valence-corrected chi connectivity index (χ4v) is 2.79. The van der Waals surface area contributed by atoms with Crippen LogP contribution in [0.25, 0.3) is 21.7 Å². The second-order valence-electron chi connectivity index (χ2n) is 4.34. The predicted octanol–water partition coefficient (Wildman–Crippen LogP) is 2.78. The Morgan fingerprint density at radius 2 is 1.52 bits per heavy atom. The third kappa shape index (κ3) is 2.90. The maximum absolute atomic E-state index is 5.36. The Morgan fingerprint density at radius 3 is 2.24 bits per heavy atom. The third-order valence-corrected chi connectivity index (χ3v) is 3.73. The van der Waals surface area contributed by atoms with E-state index in [4.69, 9.17) is 11.5 Å². The van der Waals surface area contributed by atoms with E-state index in [0.717, 1.165) is 21.7 Å². The lowest BCUT2D eigenvalue weighted by atomic mass is 10.0. The number of guanidine groups is 1. The quantitative estimate of drug-likeness (QED) is 0.574. The first-order valence-electron chi connectivity index (χ1n) is 6.32. The molecule has 3 aromatic rings. The zero-order valence-electron chi connectivity index (χ0n) is 11.1. The van der Waals surface area contributed by atoms with Gasteiger partial charge in [-0.3, -0.25) is 0 Å². The summed E-state index contributed by atoms with van der Waals surface area (Å²) in [5.74, 6) is -0.0194. The van der Waals surface area contributed by atoms with Gasteiger partial charge >= 0.3 is 0 Å². The first kappa shape index (κ1) is 13.3. The van der Waals surface area contributed by atoms with Gasteiger partial charge in [-0.15, -0.1) is 10.2 Å². The number of rotatable bonds is 3. The van der Waals surface area contributed by atoms with Crippen molar-refractivity contribution in [3.05, 3.63) is 54.6 Å². The molecule has 0 bridgehead atoms. The van der Waals surface area contributed by atoms with Crippen LogP contribution in [-0.2, 0) is 0 Å². The minimum Gasteiger partial charge on any atom is -0.370 e. The average molecular weight is 295 g/mol. The Labute approximate surface area is 126 Å². The Bertz CT molecular complexity index is 776. The summed E-state index contributed by atoms with van der Waals surface area (Å²) in [6.45, 7) is 0. The van der Waals surface area contributed by atoms with E-state index in [2.05, 4.69) is 33.4 Å². The van der Waals surface area contributed by atoms with Gasteiger partial charge in [-0.1, -0.05) is 65.9 Å². The van der Waals surface area contributed by atoms with Gasteiger partial charge in [0.2, 0.25) is 5.13 Å². The maximum Gasteiger partial charge on any atom is 0.235 e. The van der Waals surface area contributed by atoms with Gasteiger partial charge in [-0.05, 0) is 11.1 Å². The van der Waals surface area contributed by atoms with E-state index < -0.39 is 0 Å². The topological polar surface area (TPSA) is 90.2 Å². The largest absolute Gasteiger partial charge is 0.370 e. The standard InChI is InChI=1S/C15H13N5S/c16-14(17)18-15-20-19-13(21-15)12-9-5-4-8-11(12)10-6-2-1-3-7-10/h1-9H,(H4,16,17,18,20). The fourth-order valence-electron chi connectivity index (χ4n) is 2.02. The normalized spacial score (nSPS) is 10.3. The van der Waals surface area contributed by atoms with Gasteiger partial charge in [-0.2, -0.15) is 4.99 Å². The van der Waals surface area contributed by atoms with Crippen molar-refractivity contribution < 1.29 is 0 Å². The van der Waals surface area contributed by atoms with Gasteiger partial charge in [0.05, 0.1) is 0 Å². The van der Waals surface area contributed by atoms with Gasteiger partial charge in [-0.25, -0.2) is 0 Å². The van der Waals surface area contributed by atoms with Gasteiger partial charge in [0.15, 0.2) is 5.96 Å². The van der Waals surface area contributed by atoms with Crippen LogP contribution in [0.4, 0.5) is 5.13 Å². The molecule has 104 valence electrons. The minimum atomic E-state index is -0.0194. The molecule has 0 amide bonds. The number of benzene rings is 2. The van der Waals surface area contributed by atoms with Crippen LogP contribution in [0.15, 0.2) is 59.6 Å². The summed E-state index contributed by atoms with van der Waals surface area (Å²) < 4.78 is 0. The molecule has 4 N–H and O–H groups in total. The number of nitrogens with zero attached hydrogens (tertiary/aromatic N) is 3. The third-order valence-electron chi connectivity index (χ3n) is 2.88. The lowest BCUT2D eigenvalue weighted by Crippen LogP contribution is -2.21. The summed E-state index contributed by atoms with van der Waals surface area (Å²) in [5, 5.41) is 9.40. The number of hydrogen-bond donors (Lipinski definition) is 2. The molecule has 0 aliphatic carbocycles. The van der Waals surface area contributed by atoms with Crippen LogP contribution >= 0.6 is 11.3 Å². The Hall–Kier alpha value is -2.73. The molecule has 1 aromatic heterocycles. The van der Waals surface area contributed by atoms with Crippen LogP contribution in [0.3, 0.4) is 0 Å². The van der Waals surface area contributed by atoms with Crippen LogP contribution < -0.4 is 11.5 Å². The Kier molecular flexibility index (Phi) is 3.61. The molecule has 3 rings (SSSR count). The number of aromatic nitrogens is 2. The molecule has 0 saturated heterocycles. The zero-order chi connectivity index (χ0) is 14.7. The van der Waals surface area contributed by atoms with E-state index in [-0.39, 0.29) is 5.96 Å². The van der Waals surface area contributed by atoms with Gasteiger partial charge in [0.1, 0.15) is 5.01 Å². The molecule has 2 aromatic carbocycles. The molecule has 21 heavy (non-hydrogen) atoms. The summed E-state index contributed by atoms with van der Waals surface area (Å²) in [6.07, 6.45) is 0. The number of aliphatic imine (C=N–C) groups is 1. The van der Waals surface area contributed by atoms with E-state index >= 15 is 0 Å². The van der Waals surface area contributed by atoms with Crippen LogP contribution in [0, 0.1) is 0 Å². The molecule has 0 radical (unpaired) electrons. The predicted molar refractivity (Wildman–Crippen MR) is 86.3 cm³/mol. The number of hydrogen-bond acceptors (Lipinski definition) is 4. The van der Waals surface area contributed by atoms with E-state index in [0.29, 0.717) is 5.13 Å². The van der Waals surface area contributed by atoms with Gasteiger partial charge in [0, 0.05) is 5.56 Å². The second kappa shape index (κ2) is 5.72. The lowest BCUT2D eigenvalue weighted by molar-refractivity contribution is 1.08. The minimum absolute atomic E-state index is 0.0194. The highest BCUT2D eigenvalue weighted by molar-refractivity contribution is 7.18. The molecular weight excluding hydrogens is 282 g/mol. The van der Waals surface area contributed by atoms with E-state index in [1.54, 1.807) is 0 Å². The first-order valence-corrected chi connectivity index (χ1v) is 7.13. The second-order valence-corrected chi connectivity index (χ2v) is 5.29. The van der Waals surface area contributed by atoms with Gasteiger partial charge in [0.25, 0.3) is 0 Å². The summed E-state index contributed by atoms with van der Waals surface area (Å²) in [4.78, 5) is 3.93. The highest BCUT2D eigenvalue weighted by Gasteiger charge is 2.11. The van der Waals surface area contributed by atoms with Crippen molar-refractivity contribution >= 4 is 22.4 Å². The molecule has 0 saturated carbocycles. The fraction of sp³-hybridized carbons (Fsp3) is 0. The van der Waals surface area contributed by atoms with Crippen molar-refractivity contribution in [1.82, 2.24) is 10.2 Å². The summed E-state index contributed by atoms with van der Waals surface area (Å²) in [5.41, 5.74) is 14.0. The van der Waals surface area contributed by atoms with E-state index in [1.807, 2.05) is 36.4 Å². The van der Waals surface area contributed by atoms with Crippen LogP contribution in [0.1, 0.15) is 0 Å². The number of nitrogens with two attached hydrogens (primary N) is 2. The zero-order valence-corrected chi connectivity index (χ0v) is 11.9. The molecule has 0 fully saturated rings. The molecular formula is C15H13N5S. The summed E-state index contributed by atoms with van der Waals surface area (Å²) in [6, 6.07) is 18.2. The smallest absolute Gasteiger partial charge is 0.235 e. The lowest BCUT2D eigenvalue weighted by Gasteiger charge is -2.06. The molecule has 0 spiro atoms. The monoisotopic (exact) mass is 295 g/mol. The van der Waals surface area contributed by atoms with Crippen molar-refractivity contribution in [2.45, 2.75) is 0 Å². The molecule has 6 heteroatoms. The first-order chi connectivity index (χ1) is 10.2. The SMILES string of the molecule is NC(N)=Nc1nnc(-c2ccccc2-c2ccccc2)s1. The molecule has 0 aliphatic heterocycles. The van der Waals surface area contributed by atoms with Crippen molar-refractivity contribution in [3.8, 4) is 21.7 Å². The maximum atomic E-state index is 5.36. The van der Waals surface area contributed by atoms with Crippen molar-refractivity contribution in [2.24, 2.45) is 16.5 Å². The van der Waals surface area contributed by atoms with Crippen molar-refractivity contribution in [3.63, 3.8) is 0 Å².